The largest absolute Gasteiger partial charge is 0.459 e. The third kappa shape index (κ3) is 3.51. The van der Waals surface area contributed by atoms with Crippen molar-refractivity contribution in [3.8, 4) is 0 Å². The summed E-state index contributed by atoms with van der Waals surface area (Å²) >= 11 is 0. The second-order valence-electron chi connectivity index (χ2n) is 11.9. The summed E-state index contributed by atoms with van der Waals surface area (Å²) in [6.07, 6.45) is 7.39. The van der Waals surface area contributed by atoms with Gasteiger partial charge in [0.15, 0.2) is 0 Å². The Morgan fingerprint density at radius 3 is 2.41 bits per heavy atom. The molecule has 0 radical (unpaired) electrons. The van der Waals surface area contributed by atoms with E-state index in [0.717, 1.165) is 32.1 Å². The van der Waals surface area contributed by atoms with Crippen LogP contribution in [0.1, 0.15) is 88.9 Å². The van der Waals surface area contributed by atoms with E-state index in [4.69, 9.17) is 4.74 Å². The third-order valence-electron chi connectivity index (χ3n) is 10.6. The minimum atomic E-state index is -2.46. The second-order valence-corrected chi connectivity index (χ2v) is 11.9. The summed E-state index contributed by atoms with van der Waals surface area (Å²) in [5.41, 5.74) is 0.873. The zero-order valence-corrected chi connectivity index (χ0v) is 19.8. The van der Waals surface area contributed by atoms with Gasteiger partial charge in [0.1, 0.15) is 6.10 Å². The van der Waals surface area contributed by atoms with E-state index < -0.39 is 5.92 Å². The number of hydrogen-bond acceptors (Lipinski definition) is 2. The molecule has 0 aromatic heterocycles. The predicted octanol–water partition coefficient (Wildman–Crippen LogP) is 7.53. The first-order valence-corrected chi connectivity index (χ1v) is 12.8. The number of hydrogen-bond donors (Lipinski definition) is 0. The highest BCUT2D eigenvalue weighted by molar-refractivity contribution is 5.89. The zero-order valence-electron chi connectivity index (χ0n) is 19.8. The molecule has 4 aliphatic carbocycles. The van der Waals surface area contributed by atoms with Crippen LogP contribution in [0.4, 0.5) is 8.78 Å². The minimum absolute atomic E-state index is 0.0697. The summed E-state index contributed by atoms with van der Waals surface area (Å²) in [6, 6.07) is 9.27. The Balaban J connectivity index is 1.31. The van der Waals surface area contributed by atoms with Crippen LogP contribution >= 0.6 is 0 Å². The minimum Gasteiger partial charge on any atom is -0.459 e. The molecule has 2 nitrogen and oxygen atoms in total. The normalized spacial score (nSPS) is 43.5. The van der Waals surface area contributed by atoms with Crippen molar-refractivity contribution >= 4 is 5.97 Å². The van der Waals surface area contributed by atoms with Crippen LogP contribution in [0.25, 0.3) is 0 Å². The van der Waals surface area contributed by atoms with E-state index in [1.165, 1.54) is 6.42 Å². The smallest absolute Gasteiger partial charge is 0.338 e. The van der Waals surface area contributed by atoms with Gasteiger partial charge in [-0.15, -0.1) is 0 Å². The average molecular weight is 445 g/mol. The molecule has 176 valence electrons. The Kier molecular flexibility index (Phi) is 5.45. The number of carbonyl (C=O) groups is 1. The summed E-state index contributed by atoms with van der Waals surface area (Å²) in [6.45, 7) is 6.84. The summed E-state index contributed by atoms with van der Waals surface area (Å²) in [4.78, 5) is 12.7. The maximum absolute atomic E-state index is 14.2. The Bertz CT molecular complexity index is 854. The van der Waals surface area contributed by atoms with Crippen LogP contribution in [-0.2, 0) is 4.74 Å². The zero-order chi connectivity index (χ0) is 22.7. The van der Waals surface area contributed by atoms with Gasteiger partial charge in [-0.3, -0.25) is 0 Å². The number of ether oxygens (including phenoxy) is 1. The first-order valence-electron chi connectivity index (χ1n) is 12.8. The number of benzene rings is 1. The van der Waals surface area contributed by atoms with E-state index in [0.29, 0.717) is 35.7 Å². The molecule has 0 unspecified atom stereocenters. The monoisotopic (exact) mass is 444 g/mol. The van der Waals surface area contributed by atoms with Crippen molar-refractivity contribution in [2.24, 2.45) is 40.4 Å². The first-order chi connectivity index (χ1) is 15.1. The summed E-state index contributed by atoms with van der Waals surface area (Å²) in [5.74, 6) is -0.280. The molecular formula is C28H38F2O2. The maximum atomic E-state index is 14.2. The number of halogens is 2. The lowest BCUT2D eigenvalue weighted by Crippen LogP contribution is -2.55. The molecule has 0 heterocycles. The van der Waals surface area contributed by atoms with Crippen molar-refractivity contribution in [2.45, 2.75) is 90.6 Å². The highest BCUT2D eigenvalue weighted by Gasteiger charge is 2.62. The quantitative estimate of drug-likeness (QED) is 0.451. The molecule has 0 spiro atoms. The Hall–Kier alpha value is -1.45. The molecule has 1 aromatic carbocycles. The highest BCUT2D eigenvalue weighted by Crippen LogP contribution is 2.68. The van der Waals surface area contributed by atoms with Gasteiger partial charge in [-0.05, 0) is 98.5 Å². The fraction of sp³-hybridized carbons (Fsp3) is 0.750. The molecule has 0 N–H and O–H groups in total. The van der Waals surface area contributed by atoms with Crippen molar-refractivity contribution in [1.82, 2.24) is 0 Å². The highest BCUT2D eigenvalue weighted by atomic mass is 19.3. The topological polar surface area (TPSA) is 26.3 Å². The van der Waals surface area contributed by atoms with Crippen molar-refractivity contribution in [2.75, 3.05) is 0 Å². The maximum Gasteiger partial charge on any atom is 0.338 e. The van der Waals surface area contributed by atoms with Gasteiger partial charge in [0.2, 0.25) is 5.92 Å². The number of carbonyl (C=O) groups excluding carboxylic acids is 1. The van der Waals surface area contributed by atoms with Crippen LogP contribution in [-0.4, -0.2) is 18.0 Å². The lowest BCUT2D eigenvalue weighted by Gasteiger charge is -2.61. The molecule has 4 heteroatoms. The number of alkyl halides is 2. The SMILES string of the molecule is C[C@@H](OC(=O)c1ccccc1)[C@H]1CC[C@H]2[C@@H]3CC[C@H]4CC(F)(F)CC[C@]4(C)[C@H]3CC[C@]12C. The molecule has 1 aromatic rings. The van der Waals surface area contributed by atoms with Crippen LogP contribution in [0, 0.1) is 40.4 Å². The van der Waals surface area contributed by atoms with Crippen molar-refractivity contribution in [3.05, 3.63) is 35.9 Å². The van der Waals surface area contributed by atoms with Crippen LogP contribution < -0.4 is 0 Å². The molecule has 4 saturated carbocycles. The molecular weight excluding hydrogens is 406 g/mol. The molecule has 4 fully saturated rings. The van der Waals surface area contributed by atoms with Gasteiger partial charge < -0.3 is 4.74 Å². The summed E-state index contributed by atoms with van der Waals surface area (Å²) in [5, 5.41) is 0. The number of fused-ring (bicyclic) bond motifs is 5. The van der Waals surface area contributed by atoms with Crippen molar-refractivity contribution < 1.29 is 18.3 Å². The van der Waals surface area contributed by atoms with E-state index in [1.807, 2.05) is 30.3 Å². The van der Waals surface area contributed by atoms with Gasteiger partial charge >= 0.3 is 5.97 Å². The molecule has 0 aliphatic heterocycles. The standard InChI is InChI=1S/C28H38F2O2/c1-18(32-25(31)19-7-5-4-6-8-19)22-11-12-23-21-10-9-20-17-28(29,30)16-15-26(20,2)24(21)13-14-27(22,23)3/h4-8,18,20-24H,9-17H2,1-3H3/t18-,20+,21+,22-,23+,24+,26+,27-/m1/s1. The molecule has 5 rings (SSSR count). The lowest BCUT2D eigenvalue weighted by molar-refractivity contribution is -0.166. The van der Waals surface area contributed by atoms with Crippen LogP contribution in [0.2, 0.25) is 0 Å². The fourth-order valence-electron chi connectivity index (χ4n) is 8.88. The molecule has 8 atom stereocenters. The van der Waals surface area contributed by atoms with Gasteiger partial charge in [-0.25, -0.2) is 13.6 Å². The lowest BCUT2D eigenvalue weighted by atomic mass is 9.44. The van der Waals surface area contributed by atoms with Crippen LogP contribution in [0.3, 0.4) is 0 Å². The van der Waals surface area contributed by atoms with Crippen molar-refractivity contribution in [1.29, 1.82) is 0 Å². The number of esters is 1. The van der Waals surface area contributed by atoms with Crippen LogP contribution in [0.5, 0.6) is 0 Å². The van der Waals surface area contributed by atoms with Crippen LogP contribution in [0.15, 0.2) is 30.3 Å². The Labute approximate surface area is 191 Å². The van der Waals surface area contributed by atoms with Gasteiger partial charge in [0.05, 0.1) is 5.56 Å². The van der Waals surface area contributed by atoms with E-state index in [2.05, 4.69) is 20.8 Å². The van der Waals surface area contributed by atoms with Gasteiger partial charge in [0, 0.05) is 18.8 Å². The van der Waals surface area contributed by atoms with E-state index in [9.17, 15) is 13.6 Å². The molecule has 0 saturated heterocycles. The average Bonchev–Trinajstić information content (AvgIpc) is 3.12. The second kappa shape index (κ2) is 7.81. The van der Waals surface area contributed by atoms with E-state index >= 15 is 0 Å². The third-order valence-corrected chi connectivity index (χ3v) is 10.6. The summed E-state index contributed by atoms with van der Waals surface area (Å²) in [7, 11) is 0. The summed E-state index contributed by atoms with van der Waals surface area (Å²) < 4.78 is 34.3. The van der Waals surface area contributed by atoms with Gasteiger partial charge in [-0.1, -0.05) is 32.0 Å². The Morgan fingerprint density at radius 1 is 0.938 bits per heavy atom. The van der Waals surface area contributed by atoms with Gasteiger partial charge in [-0.2, -0.15) is 0 Å². The molecule has 4 aliphatic rings. The van der Waals surface area contributed by atoms with Gasteiger partial charge in [0.25, 0.3) is 0 Å². The van der Waals surface area contributed by atoms with E-state index in [-0.39, 0.29) is 41.7 Å². The van der Waals surface area contributed by atoms with Crippen molar-refractivity contribution in [3.63, 3.8) is 0 Å². The first kappa shape index (κ1) is 22.3. The van der Waals surface area contributed by atoms with E-state index in [1.54, 1.807) is 0 Å². The fourth-order valence-corrected chi connectivity index (χ4v) is 8.88. The number of rotatable bonds is 3. The predicted molar refractivity (Wildman–Crippen MR) is 121 cm³/mol. The Morgan fingerprint density at radius 2 is 1.66 bits per heavy atom. The molecule has 0 bridgehead atoms. The molecule has 0 amide bonds. The molecule has 32 heavy (non-hydrogen) atoms.